The van der Waals surface area contributed by atoms with Crippen LogP contribution in [0.5, 0.6) is 17.2 Å². The largest absolute Gasteiger partial charge is 0.494 e. The van der Waals surface area contributed by atoms with Gasteiger partial charge < -0.3 is 24.4 Å². The first-order chi connectivity index (χ1) is 18.4. The number of esters is 1. The van der Waals surface area contributed by atoms with E-state index >= 15 is 0 Å². The Bertz CT molecular complexity index is 1600. The number of nitrogens with zero attached hydrogens (tertiary/aromatic N) is 1. The average molecular weight is 573 g/mol. The van der Waals surface area contributed by atoms with Crippen molar-refractivity contribution in [3.8, 4) is 23.3 Å². The van der Waals surface area contributed by atoms with E-state index in [9.17, 15) is 10.1 Å². The van der Waals surface area contributed by atoms with Crippen LogP contribution >= 0.6 is 15.9 Å². The predicted molar refractivity (Wildman–Crippen MR) is 146 cm³/mol. The van der Waals surface area contributed by atoms with Crippen LogP contribution < -0.4 is 19.9 Å². The highest BCUT2D eigenvalue weighted by atomic mass is 79.9. The highest BCUT2D eigenvalue weighted by molar-refractivity contribution is 9.10. The molecular weight excluding hydrogens is 548 g/mol. The average Bonchev–Trinajstić information content (AvgIpc) is 3.24. The predicted octanol–water partition coefficient (Wildman–Crippen LogP) is 7.12. The van der Waals surface area contributed by atoms with E-state index in [1.165, 1.54) is 0 Å². The zero-order valence-electron chi connectivity index (χ0n) is 20.9. The molecule has 192 valence electrons. The number of hydrogen-bond acceptors (Lipinski definition) is 7. The summed E-state index contributed by atoms with van der Waals surface area (Å²) in [7, 11) is 0. The summed E-state index contributed by atoms with van der Waals surface area (Å²) in [5.74, 6) is 0.515. The lowest BCUT2D eigenvalue weighted by molar-refractivity contribution is 0.0702. The van der Waals surface area contributed by atoms with E-state index in [-0.39, 0.29) is 17.4 Å². The second kappa shape index (κ2) is 10.6. The fourth-order valence-corrected chi connectivity index (χ4v) is 4.84. The normalized spacial score (nSPS) is 14.5. The molecule has 0 saturated carbocycles. The molecule has 8 heteroatoms. The van der Waals surface area contributed by atoms with E-state index in [4.69, 9.17) is 24.4 Å². The molecule has 4 aromatic rings. The Kier molecular flexibility index (Phi) is 7.12. The van der Waals surface area contributed by atoms with Crippen LogP contribution in [0.15, 0.2) is 81.0 Å². The quantitative estimate of drug-likeness (QED) is 0.143. The number of benzene rings is 3. The summed E-state index contributed by atoms with van der Waals surface area (Å²) in [6.45, 7) is 4.57. The number of furan rings is 1. The van der Waals surface area contributed by atoms with Crippen molar-refractivity contribution in [1.82, 2.24) is 0 Å². The molecule has 2 heterocycles. The minimum Gasteiger partial charge on any atom is -0.494 e. The minimum absolute atomic E-state index is 0.00968. The van der Waals surface area contributed by atoms with Gasteiger partial charge in [-0.1, -0.05) is 47.5 Å². The van der Waals surface area contributed by atoms with Crippen molar-refractivity contribution in [2.75, 3.05) is 6.61 Å². The van der Waals surface area contributed by atoms with Gasteiger partial charge >= 0.3 is 5.97 Å². The highest BCUT2D eigenvalue weighted by Gasteiger charge is 2.31. The topological polar surface area (TPSA) is 108 Å². The van der Waals surface area contributed by atoms with E-state index in [2.05, 4.69) is 28.9 Å². The summed E-state index contributed by atoms with van der Waals surface area (Å²) in [4.78, 5) is 13.0. The van der Waals surface area contributed by atoms with Gasteiger partial charge in [-0.15, -0.1) is 0 Å². The summed E-state index contributed by atoms with van der Waals surface area (Å²) < 4.78 is 23.8. The van der Waals surface area contributed by atoms with Gasteiger partial charge in [-0.05, 0) is 55.3 Å². The van der Waals surface area contributed by atoms with Crippen LogP contribution in [0.2, 0.25) is 0 Å². The molecule has 0 spiro atoms. The Morgan fingerprint density at radius 3 is 2.61 bits per heavy atom. The molecule has 0 radical (unpaired) electrons. The fraction of sp³-hybridized carbons (Fsp3) is 0.200. The van der Waals surface area contributed by atoms with Crippen molar-refractivity contribution in [3.05, 3.63) is 99.0 Å². The van der Waals surface area contributed by atoms with Crippen LogP contribution in [0.4, 0.5) is 0 Å². The summed E-state index contributed by atoms with van der Waals surface area (Å²) in [5, 5.41) is 10.7. The van der Waals surface area contributed by atoms with Gasteiger partial charge in [-0.25, -0.2) is 4.79 Å². The van der Waals surface area contributed by atoms with Crippen molar-refractivity contribution in [2.24, 2.45) is 5.73 Å². The van der Waals surface area contributed by atoms with Crippen LogP contribution in [-0.4, -0.2) is 12.6 Å². The van der Waals surface area contributed by atoms with E-state index in [1.807, 2.05) is 43.3 Å². The van der Waals surface area contributed by atoms with Crippen LogP contribution in [-0.2, 0) is 0 Å². The van der Waals surface area contributed by atoms with Crippen molar-refractivity contribution in [2.45, 2.75) is 32.6 Å². The molecule has 1 atom stereocenters. The third kappa shape index (κ3) is 4.85. The van der Waals surface area contributed by atoms with Crippen LogP contribution in [0.3, 0.4) is 0 Å². The first kappa shape index (κ1) is 25.4. The minimum atomic E-state index is -0.623. The first-order valence-electron chi connectivity index (χ1n) is 12.2. The van der Waals surface area contributed by atoms with Crippen molar-refractivity contribution in [1.29, 1.82) is 5.26 Å². The molecule has 2 N–H and O–H groups in total. The van der Waals surface area contributed by atoms with Gasteiger partial charge in [0.1, 0.15) is 34.5 Å². The molecule has 5 rings (SSSR count). The number of rotatable bonds is 7. The number of allylic oxidation sites excluding steroid dienone is 1. The molecular formula is C30H25BrN2O5. The second-order valence-corrected chi connectivity index (χ2v) is 9.90. The Hall–Kier alpha value is -4.22. The molecule has 1 aromatic heterocycles. The number of halogens is 1. The molecule has 0 saturated heterocycles. The zero-order valence-corrected chi connectivity index (χ0v) is 22.5. The highest BCUT2D eigenvalue weighted by Crippen LogP contribution is 2.44. The molecule has 3 aromatic carbocycles. The van der Waals surface area contributed by atoms with Crippen LogP contribution in [0.25, 0.3) is 11.0 Å². The molecule has 0 bridgehead atoms. The summed E-state index contributed by atoms with van der Waals surface area (Å²) in [6, 6.07) is 20.4. The fourth-order valence-electron chi connectivity index (χ4n) is 4.47. The standard InChI is InChI=1S/C30H25BrN2O5/c1-3-4-13-35-20-8-5-18(6-9-20)27-22-11-10-21(15-26(22)38-29(33)24(27)16-32)36-30(34)28-17(2)23-14-19(31)7-12-25(23)37-28/h5-12,14-15,27H,3-4,13,33H2,1-2H3. The number of nitrogens with two attached hydrogens (primary N) is 1. The molecule has 0 fully saturated rings. The maximum atomic E-state index is 13.0. The molecule has 1 unspecified atom stereocenters. The number of ether oxygens (including phenoxy) is 3. The Morgan fingerprint density at radius 2 is 1.87 bits per heavy atom. The van der Waals surface area contributed by atoms with Crippen molar-refractivity contribution < 1.29 is 23.4 Å². The third-order valence-corrected chi connectivity index (χ3v) is 6.96. The van der Waals surface area contributed by atoms with Gasteiger partial charge in [0.2, 0.25) is 11.6 Å². The Morgan fingerprint density at radius 1 is 1.11 bits per heavy atom. The van der Waals surface area contributed by atoms with Crippen molar-refractivity contribution in [3.63, 3.8) is 0 Å². The second-order valence-electron chi connectivity index (χ2n) is 8.98. The lowest BCUT2D eigenvalue weighted by Gasteiger charge is -2.26. The van der Waals surface area contributed by atoms with Gasteiger partial charge in [0, 0.05) is 27.1 Å². The zero-order chi connectivity index (χ0) is 26.8. The monoisotopic (exact) mass is 572 g/mol. The molecule has 7 nitrogen and oxygen atoms in total. The number of nitriles is 1. The molecule has 1 aliphatic heterocycles. The van der Waals surface area contributed by atoms with Gasteiger partial charge in [-0.3, -0.25) is 0 Å². The Balaban J connectivity index is 1.42. The van der Waals surface area contributed by atoms with Gasteiger partial charge in [0.15, 0.2) is 0 Å². The maximum absolute atomic E-state index is 13.0. The molecule has 0 aliphatic carbocycles. The lowest BCUT2D eigenvalue weighted by Crippen LogP contribution is -2.21. The maximum Gasteiger partial charge on any atom is 0.379 e. The molecule has 38 heavy (non-hydrogen) atoms. The van der Waals surface area contributed by atoms with Crippen LogP contribution in [0.1, 0.15) is 52.9 Å². The Labute approximate surface area is 228 Å². The summed E-state index contributed by atoms with van der Waals surface area (Å²) in [5.41, 5.74) is 9.34. The van der Waals surface area contributed by atoms with Gasteiger partial charge in [-0.2, -0.15) is 5.26 Å². The van der Waals surface area contributed by atoms with Gasteiger partial charge in [0.05, 0.1) is 12.5 Å². The van der Waals surface area contributed by atoms with Crippen LogP contribution in [0, 0.1) is 18.3 Å². The van der Waals surface area contributed by atoms with Gasteiger partial charge in [0.25, 0.3) is 0 Å². The SMILES string of the molecule is CCCCOc1ccc(C2C(C#N)=C(N)Oc3cc(OC(=O)c4oc5ccc(Br)cc5c4C)ccc32)cc1. The summed E-state index contributed by atoms with van der Waals surface area (Å²) >= 11 is 3.44. The molecule has 0 amide bonds. The lowest BCUT2D eigenvalue weighted by atomic mass is 9.83. The van der Waals surface area contributed by atoms with E-state index in [1.54, 1.807) is 24.3 Å². The molecule has 1 aliphatic rings. The number of hydrogen-bond donors (Lipinski definition) is 1. The first-order valence-corrected chi connectivity index (χ1v) is 13.0. The van der Waals surface area contributed by atoms with E-state index in [0.717, 1.165) is 39.6 Å². The number of aryl methyl sites for hydroxylation is 1. The van der Waals surface area contributed by atoms with E-state index in [0.29, 0.717) is 29.1 Å². The number of fused-ring (bicyclic) bond motifs is 2. The summed E-state index contributed by atoms with van der Waals surface area (Å²) in [6.07, 6.45) is 2.03. The number of carbonyl (C=O) groups is 1. The smallest absolute Gasteiger partial charge is 0.379 e. The number of carbonyl (C=O) groups excluding carboxylic acids is 1. The third-order valence-electron chi connectivity index (χ3n) is 6.46. The number of unbranched alkanes of at least 4 members (excludes halogenated alkanes) is 1. The van der Waals surface area contributed by atoms with E-state index < -0.39 is 11.9 Å². The van der Waals surface area contributed by atoms with Crippen molar-refractivity contribution >= 4 is 32.9 Å².